The Balaban J connectivity index is 2.61. The summed E-state index contributed by atoms with van der Waals surface area (Å²) in [6.45, 7) is 2.07. The monoisotopic (exact) mass is 178 g/mol. The van der Waals surface area contributed by atoms with E-state index in [9.17, 15) is 4.39 Å². The van der Waals surface area contributed by atoms with Gasteiger partial charge >= 0.3 is 0 Å². The van der Waals surface area contributed by atoms with E-state index >= 15 is 0 Å². The molecule has 2 rings (SSSR count). The van der Waals surface area contributed by atoms with E-state index in [1.807, 2.05) is 29.8 Å². The zero-order valence-electron chi connectivity index (χ0n) is 7.50. The van der Waals surface area contributed by atoms with Crippen LogP contribution in [-0.4, -0.2) is 16.2 Å². The van der Waals surface area contributed by atoms with Crippen LogP contribution < -0.4 is 0 Å². The fourth-order valence-corrected chi connectivity index (χ4v) is 1.50. The zero-order valence-corrected chi connectivity index (χ0v) is 7.50. The van der Waals surface area contributed by atoms with Crippen LogP contribution in [0, 0.1) is 6.92 Å². The number of rotatable bonds is 2. The summed E-state index contributed by atoms with van der Waals surface area (Å²) in [5.74, 6) is 0. The quantitative estimate of drug-likeness (QED) is 0.690. The Morgan fingerprint density at radius 2 is 2.31 bits per heavy atom. The van der Waals surface area contributed by atoms with Gasteiger partial charge in [0, 0.05) is 17.8 Å². The number of aryl methyl sites for hydroxylation is 2. The molecule has 0 N–H and O–H groups in total. The first kappa shape index (κ1) is 8.23. The van der Waals surface area contributed by atoms with Crippen LogP contribution in [0.2, 0.25) is 0 Å². The number of hydrogen-bond donors (Lipinski definition) is 0. The molecule has 0 bridgehead atoms. The van der Waals surface area contributed by atoms with Gasteiger partial charge in [0.1, 0.15) is 12.3 Å². The number of alkyl halides is 1. The maximum Gasteiger partial charge on any atom is 0.140 e. The Hall–Kier alpha value is -1.38. The number of pyridine rings is 1. The maximum atomic E-state index is 12.1. The van der Waals surface area contributed by atoms with Gasteiger partial charge < -0.3 is 4.57 Å². The van der Waals surface area contributed by atoms with Crippen molar-refractivity contribution < 1.29 is 4.39 Å². The minimum absolute atomic E-state index is 0.348. The lowest BCUT2D eigenvalue weighted by atomic mass is 10.2. The van der Waals surface area contributed by atoms with Crippen molar-refractivity contribution in [2.75, 3.05) is 6.67 Å². The molecular formula is C10H11FN2. The lowest BCUT2D eigenvalue weighted by Gasteiger charge is -2.00. The molecule has 0 aromatic carbocycles. The molecule has 0 amide bonds. The van der Waals surface area contributed by atoms with Crippen LogP contribution in [0.25, 0.3) is 11.0 Å². The second kappa shape index (κ2) is 3.17. The smallest absolute Gasteiger partial charge is 0.140 e. The van der Waals surface area contributed by atoms with Gasteiger partial charge in [0.2, 0.25) is 0 Å². The van der Waals surface area contributed by atoms with Crippen molar-refractivity contribution in [2.45, 2.75) is 13.5 Å². The zero-order chi connectivity index (χ0) is 9.26. The third-order valence-electron chi connectivity index (χ3n) is 2.21. The minimum atomic E-state index is -0.348. The molecule has 68 valence electrons. The van der Waals surface area contributed by atoms with Crippen molar-refractivity contribution in [3.05, 3.63) is 30.1 Å². The summed E-state index contributed by atoms with van der Waals surface area (Å²) < 4.78 is 14.0. The van der Waals surface area contributed by atoms with Gasteiger partial charge in [-0.2, -0.15) is 0 Å². The number of fused-ring (bicyclic) bond motifs is 1. The molecule has 13 heavy (non-hydrogen) atoms. The SMILES string of the molecule is Cc1ccnc2c1ccn2CCF. The summed E-state index contributed by atoms with van der Waals surface area (Å²) in [6.07, 6.45) is 3.64. The molecule has 0 saturated carbocycles. The Kier molecular flexibility index (Phi) is 2.00. The standard InChI is InChI=1S/C10H11FN2/c1-8-2-5-12-10-9(8)3-6-13(10)7-4-11/h2-3,5-6H,4,7H2,1H3. The Morgan fingerprint density at radius 3 is 3.08 bits per heavy atom. The van der Waals surface area contributed by atoms with Crippen LogP contribution in [0.1, 0.15) is 5.56 Å². The van der Waals surface area contributed by atoms with Crippen LogP contribution in [0.3, 0.4) is 0 Å². The van der Waals surface area contributed by atoms with E-state index in [0.717, 1.165) is 11.0 Å². The summed E-state index contributed by atoms with van der Waals surface area (Å²) in [4.78, 5) is 4.22. The molecule has 0 aliphatic heterocycles. The van der Waals surface area contributed by atoms with Crippen molar-refractivity contribution in [1.82, 2.24) is 9.55 Å². The third kappa shape index (κ3) is 1.30. The molecule has 0 fully saturated rings. The highest BCUT2D eigenvalue weighted by molar-refractivity contribution is 5.79. The number of hydrogen-bond acceptors (Lipinski definition) is 1. The maximum absolute atomic E-state index is 12.1. The summed E-state index contributed by atoms with van der Waals surface area (Å²) in [7, 11) is 0. The Labute approximate surface area is 76.0 Å². The van der Waals surface area contributed by atoms with Crippen molar-refractivity contribution in [2.24, 2.45) is 0 Å². The van der Waals surface area contributed by atoms with Gasteiger partial charge in [0.15, 0.2) is 0 Å². The van der Waals surface area contributed by atoms with E-state index < -0.39 is 0 Å². The average molecular weight is 178 g/mol. The van der Waals surface area contributed by atoms with Crippen LogP contribution >= 0.6 is 0 Å². The van der Waals surface area contributed by atoms with E-state index in [1.165, 1.54) is 5.56 Å². The van der Waals surface area contributed by atoms with Crippen LogP contribution in [0.4, 0.5) is 4.39 Å². The predicted octanol–water partition coefficient (Wildman–Crippen LogP) is 2.31. The first-order valence-corrected chi connectivity index (χ1v) is 4.29. The van der Waals surface area contributed by atoms with Crippen molar-refractivity contribution in [3.63, 3.8) is 0 Å². The number of halogens is 1. The fourth-order valence-electron chi connectivity index (χ4n) is 1.50. The summed E-state index contributed by atoms with van der Waals surface area (Å²) in [5, 5.41) is 1.11. The van der Waals surface area contributed by atoms with Gasteiger partial charge in [0.05, 0.1) is 6.54 Å². The lowest BCUT2D eigenvalue weighted by Crippen LogP contribution is -1.98. The van der Waals surface area contributed by atoms with E-state index in [4.69, 9.17) is 0 Å². The van der Waals surface area contributed by atoms with Crippen molar-refractivity contribution >= 4 is 11.0 Å². The second-order valence-electron chi connectivity index (χ2n) is 3.06. The molecule has 0 atom stereocenters. The molecule has 0 saturated heterocycles. The highest BCUT2D eigenvalue weighted by Gasteiger charge is 2.02. The van der Waals surface area contributed by atoms with Gasteiger partial charge in [-0.1, -0.05) is 0 Å². The van der Waals surface area contributed by atoms with E-state index in [1.54, 1.807) is 6.20 Å². The molecule has 2 aromatic rings. The average Bonchev–Trinajstić information content (AvgIpc) is 2.51. The van der Waals surface area contributed by atoms with Gasteiger partial charge in [-0.15, -0.1) is 0 Å². The number of nitrogens with zero attached hydrogens (tertiary/aromatic N) is 2. The fraction of sp³-hybridized carbons (Fsp3) is 0.300. The normalized spacial score (nSPS) is 10.9. The molecule has 0 aliphatic carbocycles. The lowest BCUT2D eigenvalue weighted by molar-refractivity contribution is 0.450. The summed E-state index contributed by atoms with van der Waals surface area (Å²) in [6, 6.07) is 3.94. The summed E-state index contributed by atoms with van der Waals surface area (Å²) in [5.41, 5.74) is 2.06. The molecule has 0 spiro atoms. The molecular weight excluding hydrogens is 167 g/mol. The van der Waals surface area contributed by atoms with Gasteiger partial charge in [-0.3, -0.25) is 0 Å². The van der Waals surface area contributed by atoms with E-state index in [0.29, 0.717) is 6.54 Å². The summed E-state index contributed by atoms with van der Waals surface area (Å²) >= 11 is 0. The minimum Gasteiger partial charge on any atom is -0.330 e. The molecule has 3 heteroatoms. The molecule has 0 radical (unpaired) electrons. The van der Waals surface area contributed by atoms with Crippen LogP contribution in [0.5, 0.6) is 0 Å². The molecule has 2 heterocycles. The number of aromatic nitrogens is 2. The van der Waals surface area contributed by atoms with Gasteiger partial charge in [0.25, 0.3) is 0 Å². The first-order chi connectivity index (χ1) is 6.33. The van der Waals surface area contributed by atoms with Gasteiger partial charge in [-0.05, 0) is 24.6 Å². The molecule has 2 aromatic heterocycles. The highest BCUT2D eigenvalue weighted by Crippen LogP contribution is 2.16. The Bertz CT molecular complexity index is 420. The second-order valence-corrected chi connectivity index (χ2v) is 3.06. The molecule has 0 aliphatic rings. The van der Waals surface area contributed by atoms with E-state index in [-0.39, 0.29) is 6.67 Å². The Morgan fingerprint density at radius 1 is 1.46 bits per heavy atom. The third-order valence-corrected chi connectivity index (χ3v) is 2.21. The van der Waals surface area contributed by atoms with Crippen LogP contribution in [0.15, 0.2) is 24.5 Å². The highest BCUT2D eigenvalue weighted by atomic mass is 19.1. The topological polar surface area (TPSA) is 17.8 Å². The largest absolute Gasteiger partial charge is 0.330 e. The molecule has 2 nitrogen and oxygen atoms in total. The van der Waals surface area contributed by atoms with Gasteiger partial charge in [-0.25, -0.2) is 9.37 Å². The van der Waals surface area contributed by atoms with Crippen molar-refractivity contribution in [3.8, 4) is 0 Å². The van der Waals surface area contributed by atoms with Crippen molar-refractivity contribution in [1.29, 1.82) is 0 Å². The van der Waals surface area contributed by atoms with E-state index in [2.05, 4.69) is 4.98 Å². The molecule has 0 unspecified atom stereocenters. The van der Waals surface area contributed by atoms with Crippen LogP contribution in [-0.2, 0) is 6.54 Å². The predicted molar refractivity (Wildman–Crippen MR) is 50.4 cm³/mol. The first-order valence-electron chi connectivity index (χ1n) is 4.29.